The third-order valence-electron chi connectivity index (χ3n) is 12.2. The highest BCUT2D eigenvalue weighted by Gasteiger charge is 2.23. The molecular weight excluding hydrogens is 715 g/mol. The molecular formula is C56H41N3. The van der Waals surface area contributed by atoms with Crippen molar-refractivity contribution < 1.29 is 0 Å². The minimum absolute atomic E-state index is 0.635. The third-order valence-corrected chi connectivity index (χ3v) is 12.2. The van der Waals surface area contributed by atoms with Crippen LogP contribution in [0.25, 0.3) is 100 Å². The average Bonchev–Trinajstić information content (AvgIpc) is 3.57. The van der Waals surface area contributed by atoms with Crippen molar-refractivity contribution in [2.24, 2.45) is 5.73 Å². The zero-order valence-corrected chi connectivity index (χ0v) is 32.9. The molecule has 59 heavy (non-hydrogen) atoms. The van der Waals surface area contributed by atoms with E-state index in [9.17, 15) is 0 Å². The van der Waals surface area contributed by atoms with Crippen LogP contribution < -0.4 is 5.73 Å². The molecule has 0 bridgehead atoms. The minimum atomic E-state index is 0.635. The summed E-state index contributed by atoms with van der Waals surface area (Å²) in [6.45, 7) is 2.18. The molecule has 0 spiro atoms. The number of hydrogen-bond donors (Lipinski definition) is 1. The van der Waals surface area contributed by atoms with E-state index in [1.165, 1.54) is 71.3 Å². The van der Waals surface area contributed by atoms with Crippen molar-refractivity contribution in [1.29, 1.82) is 0 Å². The van der Waals surface area contributed by atoms with E-state index in [1.54, 1.807) is 6.20 Å². The van der Waals surface area contributed by atoms with Gasteiger partial charge in [0, 0.05) is 28.5 Å². The summed E-state index contributed by atoms with van der Waals surface area (Å²) in [5.74, 6) is 0. The Morgan fingerprint density at radius 2 is 1.20 bits per heavy atom. The fourth-order valence-electron chi connectivity index (χ4n) is 9.42. The van der Waals surface area contributed by atoms with E-state index in [0.717, 1.165) is 51.9 Å². The molecule has 0 fully saturated rings. The van der Waals surface area contributed by atoms with E-state index in [4.69, 9.17) is 5.73 Å². The van der Waals surface area contributed by atoms with Gasteiger partial charge in [-0.3, -0.25) is 4.98 Å². The molecule has 1 aliphatic carbocycles. The summed E-state index contributed by atoms with van der Waals surface area (Å²) in [6.07, 6.45) is 10.6. The Bertz CT molecular complexity index is 3330. The van der Waals surface area contributed by atoms with Crippen molar-refractivity contribution in [2.75, 3.05) is 0 Å². The molecule has 0 saturated carbocycles. The number of fused-ring (bicyclic) bond motifs is 5. The Balaban J connectivity index is 1.17. The van der Waals surface area contributed by atoms with E-state index in [2.05, 4.69) is 186 Å². The molecule has 0 amide bonds. The maximum Gasteiger partial charge on any atom is 0.0859 e. The number of benzene rings is 8. The zero-order chi connectivity index (χ0) is 39.5. The summed E-state index contributed by atoms with van der Waals surface area (Å²) in [6, 6.07) is 61.8. The number of allylic oxidation sites excluding steroid dienone is 1. The second-order valence-electron chi connectivity index (χ2n) is 15.7. The van der Waals surface area contributed by atoms with Crippen LogP contribution in [0.1, 0.15) is 34.5 Å². The summed E-state index contributed by atoms with van der Waals surface area (Å²) in [7, 11) is 0. The van der Waals surface area contributed by atoms with Crippen LogP contribution in [0.2, 0.25) is 0 Å². The fraction of sp³-hybridized carbons (Fsp3) is 0.0536. The van der Waals surface area contributed by atoms with Crippen molar-refractivity contribution in [2.45, 2.75) is 19.8 Å². The van der Waals surface area contributed by atoms with Gasteiger partial charge in [0.1, 0.15) is 0 Å². The van der Waals surface area contributed by atoms with E-state index >= 15 is 0 Å². The highest BCUT2D eigenvalue weighted by molar-refractivity contribution is 6.13. The molecule has 3 nitrogen and oxygen atoms in total. The molecule has 3 heteroatoms. The van der Waals surface area contributed by atoms with E-state index < -0.39 is 0 Å². The normalized spacial score (nSPS) is 12.8. The van der Waals surface area contributed by atoms with Crippen molar-refractivity contribution >= 4 is 61.1 Å². The average molecular weight is 756 g/mol. The van der Waals surface area contributed by atoms with Crippen LogP contribution in [0.4, 0.5) is 0 Å². The lowest BCUT2D eigenvalue weighted by molar-refractivity contribution is 0.991. The molecule has 2 N–H and O–H groups in total. The molecule has 10 aromatic rings. The smallest absolute Gasteiger partial charge is 0.0859 e. The van der Waals surface area contributed by atoms with Crippen LogP contribution in [0, 0.1) is 6.92 Å². The largest absolute Gasteiger partial charge is 0.397 e. The quantitative estimate of drug-likeness (QED) is 0.184. The number of rotatable bonds is 6. The van der Waals surface area contributed by atoms with Gasteiger partial charge < -0.3 is 10.3 Å². The molecule has 0 saturated heterocycles. The second-order valence-corrected chi connectivity index (χ2v) is 15.7. The number of aromatic nitrogens is 2. The fourth-order valence-corrected chi connectivity index (χ4v) is 9.42. The van der Waals surface area contributed by atoms with E-state index in [0.29, 0.717) is 5.70 Å². The van der Waals surface area contributed by atoms with Crippen LogP contribution in [0.5, 0.6) is 0 Å². The molecule has 11 rings (SSSR count). The Morgan fingerprint density at radius 3 is 1.92 bits per heavy atom. The Hall–Kier alpha value is -7.49. The lowest BCUT2D eigenvalue weighted by Crippen LogP contribution is -2.03. The molecule has 2 heterocycles. The molecule has 8 aromatic carbocycles. The van der Waals surface area contributed by atoms with Gasteiger partial charge in [-0.05, 0) is 157 Å². The SMILES string of the molecule is Cc1c(/C=C(\N)c2ccccn2)c2cc(-c3ccc4c(-c5ccc6ccccc6c5)c5c(c(-c6ccc7ccccc7c6)c4c3)C=CCC5)ccc2n1-c1ccccc1. The van der Waals surface area contributed by atoms with Crippen LogP contribution >= 0.6 is 0 Å². The van der Waals surface area contributed by atoms with Gasteiger partial charge in [0.25, 0.3) is 0 Å². The predicted octanol–water partition coefficient (Wildman–Crippen LogP) is 14.2. The van der Waals surface area contributed by atoms with Gasteiger partial charge in [-0.15, -0.1) is 0 Å². The maximum atomic E-state index is 6.79. The first-order valence-electron chi connectivity index (χ1n) is 20.5. The second kappa shape index (κ2) is 14.2. The first-order valence-corrected chi connectivity index (χ1v) is 20.5. The van der Waals surface area contributed by atoms with Gasteiger partial charge in [-0.1, -0.05) is 127 Å². The molecule has 0 unspecified atom stereocenters. The van der Waals surface area contributed by atoms with Gasteiger partial charge in [0.05, 0.1) is 16.9 Å². The summed E-state index contributed by atoms with van der Waals surface area (Å²) in [5.41, 5.74) is 22.8. The van der Waals surface area contributed by atoms with E-state index in [-0.39, 0.29) is 0 Å². The maximum absolute atomic E-state index is 6.79. The number of nitrogens with zero attached hydrogens (tertiary/aromatic N) is 2. The van der Waals surface area contributed by atoms with Crippen molar-refractivity contribution in [3.63, 3.8) is 0 Å². The Kier molecular flexibility index (Phi) is 8.34. The number of pyridine rings is 1. The van der Waals surface area contributed by atoms with Gasteiger partial charge in [-0.2, -0.15) is 0 Å². The van der Waals surface area contributed by atoms with Gasteiger partial charge >= 0.3 is 0 Å². The van der Waals surface area contributed by atoms with Gasteiger partial charge in [0.15, 0.2) is 0 Å². The van der Waals surface area contributed by atoms with Crippen molar-refractivity contribution in [3.05, 3.63) is 210 Å². The van der Waals surface area contributed by atoms with Crippen LogP contribution in [0.15, 0.2) is 182 Å². The lowest BCUT2D eigenvalue weighted by atomic mass is 9.79. The number of hydrogen-bond acceptors (Lipinski definition) is 2. The van der Waals surface area contributed by atoms with Gasteiger partial charge in [0.2, 0.25) is 0 Å². The summed E-state index contributed by atoms with van der Waals surface area (Å²) in [4.78, 5) is 4.56. The highest BCUT2D eigenvalue weighted by atomic mass is 15.0. The molecule has 280 valence electrons. The van der Waals surface area contributed by atoms with E-state index in [1.807, 2.05) is 18.2 Å². The molecule has 2 aromatic heterocycles. The topological polar surface area (TPSA) is 43.8 Å². The van der Waals surface area contributed by atoms with Crippen molar-refractivity contribution in [1.82, 2.24) is 9.55 Å². The summed E-state index contributed by atoms with van der Waals surface area (Å²) >= 11 is 0. The third kappa shape index (κ3) is 5.94. The summed E-state index contributed by atoms with van der Waals surface area (Å²) < 4.78 is 2.34. The molecule has 0 atom stereocenters. The summed E-state index contributed by atoms with van der Waals surface area (Å²) in [5, 5.41) is 8.68. The zero-order valence-electron chi connectivity index (χ0n) is 32.9. The predicted molar refractivity (Wildman–Crippen MR) is 250 cm³/mol. The number of nitrogens with two attached hydrogens (primary N) is 1. The first kappa shape index (κ1) is 34.7. The Morgan fingerprint density at radius 1 is 0.576 bits per heavy atom. The number of para-hydroxylation sites is 1. The van der Waals surface area contributed by atoms with Crippen LogP contribution in [-0.4, -0.2) is 9.55 Å². The standard InChI is InChI=1S/C56H41N3/c1-36-49(35-52(57)53-21-11-12-30-58-53)50-33-42(27-29-54(50)59(36)45-17-3-2-4-18-45)41-26-28-48-51(34-41)56(44-25-23-38-14-6-8-16-40(38)32-44)47-20-10-9-19-46(47)55(48)43-24-22-37-13-5-7-15-39(37)31-43/h2-8,10-18,20-35H,9,19,57H2,1H3/b52-35-. The highest BCUT2D eigenvalue weighted by Crippen LogP contribution is 2.47. The minimum Gasteiger partial charge on any atom is -0.397 e. The van der Waals surface area contributed by atoms with Crippen LogP contribution in [0.3, 0.4) is 0 Å². The van der Waals surface area contributed by atoms with Gasteiger partial charge in [-0.25, -0.2) is 0 Å². The molecule has 0 aliphatic heterocycles. The van der Waals surface area contributed by atoms with Crippen LogP contribution in [-0.2, 0) is 6.42 Å². The first-order chi connectivity index (χ1) is 29.1. The lowest BCUT2D eigenvalue weighted by Gasteiger charge is -2.24. The Labute approximate surface area is 344 Å². The molecule has 0 radical (unpaired) electrons. The monoisotopic (exact) mass is 755 g/mol. The molecule has 1 aliphatic rings. The van der Waals surface area contributed by atoms with Crippen molar-refractivity contribution in [3.8, 4) is 39.1 Å².